The SMILES string of the molecule is C.Cn1ccc(C(F)F)n1. The third-order valence-corrected chi connectivity index (χ3v) is 0.958. The first-order valence-electron chi connectivity index (χ1n) is 2.48. The summed E-state index contributed by atoms with van der Waals surface area (Å²) in [6.07, 6.45) is -0.965. The Morgan fingerprint density at radius 2 is 2.20 bits per heavy atom. The quantitative estimate of drug-likeness (QED) is 0.595. The summed E-state index contributed by atoms with van der Waals surface area (Å²) in [5.41, 5.74) is -0.169. The van der Waals surface area contributed by atoms with Gasteiger partial charge in [-0.2, -0.15) is 5.10 Å². The fraction of sp³-hybridized carbons (Fsp3) is 0.500. The second-order valence-electron chi connectivity index (χ2n) is 1.71. The van der Waals surface area contributed by atoms with Crippen molar-refractivity contribution in [2.24, 2.45) is 7.05 Å². The van der Waals surface area contributed by atoms with E-state index in [9.17, 15) is 8.78 Å². The van der Waals surface area contributed by atoms with Gasteiger partial charge < -0.3 is 0 Å². The van der Waals surface area contributed by atoms with Gasteiger partial charge in [0.15, 0.2) is 0 Å². The van der Waals surface area contributed by atoms with E-state index < -0.39 is 6.43 Å². The average molecular weight is 148 g/mol. The molecule has 0 aliphatic carbocycles. The molecule has 1 aromatic rings. The number of nitrogens with zero attached hydrogens (tertiary/aromatic N) is 2. The first-order chi connectivity index (χ1) is 4.20. The number of rotatable bonds is 1. The molecule has 0 bridgehead atoms. The lowest BCUT2D eigenvalue weighted by molar-refractivity contribution is 0.145. The standard InChI is InChI=1S/C5H6F2N2.CH4/c1-9-3-2-4(8-9)5(6)7;/h2-3,5H,1H3;1H4. The van der Waals surface area contributed by atoms with Gasteiger partial charge in [-0.25, -0.2) is 8.78 Å². The molecule has 1 heterocycles. The van der Waals surface area contributed by atoms with Crippen molar-refractivity contribution in [3.05, 3.63) is 18.0 Å². The Morgan fingerprint density at radius 1 is 1.60 bits per heavy atom. The lowest BCUT2D eigenvalue weighted by Gasteiger charge is -1.88. The molecule has 0 fully saturated rings. The van der Waals surface area contributed by atoms with Crippen molar-refractivity contribution >= 4 is 0 Å². The molecule has 0 aliphatic rings. The van der Waals surface area contributed by atoms with Gasteiger partial charge in [0.05, 0.1) is 0 Å². The highest BCUT2D eigenvalue weighted by atomic mass is 19.3. The van der Waals surface area contributed by atoms with Crippen LogP contribution in [0.2, 0.25) is 0 Å². The minimum absolute atomic E-state index is 0. The number of aromatic nitrogens is 2. The zero-order valence-electron chi connectivity index (χ0n) is 4.88. The molecule has 1 rings (SSSR count). The van der Waals surface area contributed by atoms with E-state index >= 15 is 0 Å². The van der Waals surface area contributed by atoms with Gasteiger partial charge in [0.1, 0.15) is 5.69 Å². The maximum atomic E-state index is 11.7. The summed E-state index contributed by atoms with van der Waals surface area (Å²) < 4.78 is 24.8. The van der Waals surface area contributed by atoms with Gasteiger partial charge in [-0.1, -0.05) is 7.43 Å². The third kappa shape index (κ3) is 1.79. The summed E-state index contributed by atoms with van der Waals surface area (Å²) >= 11 is 0. The van der Waals surface area contributed by atoms with Gasteiger partial charge in [0.2, 0.25) is 0 Å². The molecule has 0 N–H and O–H groups in total. The Balaban J connectivity index is 0.000000810. The smallest absolute Gasteiger partial charge is 0.275 e. The number of alkyl halides is 2. The number of halogens is 2. The summed E-state index contributed by atoms with van der Waals surface area (Å²) in [4.78, 5) is 0. The van der Waals surface area contributed by atoms with E-state index in [0.29, 0.717) is 0 Å². The number of hydrogen-bond acceptors (Lipinski definition) is 1. The van der Waals surface area contributed by atoms with Crippen molar-refractivity contribution in [3.8, 4) is 0 Å². The molecule has 0 atom stereocenters. The molecule has 0 saturated heterocycles. The molecule has 0 aliphatic heterocycles. The highest BCUT2D eigenvalue weighted by Gasteiger charge is 2.08. The lowest BCUT2D eigenvalue weighted by Crippen LogP contribution is -1.90. The van der Waals surface area contributed by atoms with Crippen LogP contribution in [-0.4, -0.2) is 9.78 Å². The molecule has 4 heteroatoms. The Hall–Kier alpha value is -0.930. The minimum atomic E-state index is -2.45. The Bertz CT molecular complexity index is 195. The van der Waals surface area contributed by atoms with E-state index in [1.54, 1.807) is 7.05 Å². The van der Waals surface area contributed by atoms with Crippen LogP contribution in [0.4, 0.5) is 8.78 Å². The van der Waals surface area contributed by atoms with Crippen molar-refractivity contribution in [2.75, 3.05) is 0 Å². The molecule has 0 aromatic carbocycles. The lowest BCUT2D eigenvalue weighted by atomic mass is 10.5. The molecular weight excluding hydrogens is 138 g/mol. The van der Waals surface area contributed by atoms with Gasteiger partial charge in [0, 0.05) is 13.2 Å². The molecule has 58 valence electrons. The predicted octanol–water partition coefficient (Wildman–Crippen LogP) is 1.99. The van der Waals surface area contributed by atoms with Crippen LogP contribution in [0, 0.1) is 0 Å². The van der Waals surface area contributed by atoms with Crippen LogP contribution in [0.25, 0.3) is 0 Å². The van der Waals surface area contributed by atoms with Crippen LogP contribution < -0.4 is 0 Å². The molecule has 0 saturated carbocycles. The fourth-order valence-electron chi connectivity index (χ4n) is 0.549. The Labute approximate surface area is 58.5 Å². The van der Waals surface area contributed by atoms with Crippen LogP contribution >= 0.6 is 0 Å². The molecule has 2 nitrogen and oxygen atoms in total. The number of hydrogen-bond donors (Lipinski definition) is 0. The summed E-state index contributed by atoms with van der Waals surface area (Å²) in [5, 5.41) is 3.48. The third-order valence-electron chi connectivity index (χ3n) is 0.958. The maximum Gasteiger partial charge on any atom is 0.282 e. The average Bonchev–Trinajstić information content (AvgIpc) is 2.14. The van der Waals surface area contributed by atoms with Crippen molar-refractivity contribution < 1.29 is 8.78 Å². The zero-order chi connectivity index (χ0) is 6.85. The summed E-state index contributed by atoms with van der Waals surface area (Å²) in [7, 11) is 1.60. The minimum Gasteiger partial charge on any atom is -0.275 e. The molecule has 1 aromatic heterocycles. The monoisotopic (exact) mass is 148 g/mol. The van der Waals surface area contributed by atoms with E-state index in [1.807, 2.05) is 0 Å². The highest BCUT2D eigenvalue weighted by molar-refractivity contribution is 4.99. The van der Waals surface area contributed by atoms with Crippen molar-refractivity contribution in [3.63, 3.8) is 0 Å². The number of aryl methyl sites for hydroxylation is 1. The summed E-state index contributed by atoms with van der Waals surface area (Å²) in [6.45, 7) is 0. The summed E-state index contributed by atoms with van der Waals surface area (Å²) in [5.74, 6) is 0. The fourth-order valence-corrected chi connectivity index (χ4v) is 0.549. The van der Waals surface area contributed by atoms with E-state index in [2.05, 4.69) is 5.10 Å². The molecule has 0 amide bonds. The van der Waals surface area contributed by atoms with Crippen LogP contribution in [0.1, 0.15) is 19.5 Å². The van der Waals surface area contributed by atoms with Gasteiger partial charge in [-0.3, -0.25) is 4.68 Å². The van der Waals surface area contributed by atoms with Gasteiger partial charge in [0.25, 0.3) is 6.43 Å². The van der Waals surface area contributed by atoms with Crippen molar-refractivity contribution in [1.29, 1.82) is 0 Å². The van der Waals surface area contributed by atoms with E-state index in [0.717, 1.165) is 0 Å². The van der Waals surface area contributed by atoms with Crippen LogP contribution in [-0.2, 0) is 7.05 Å². The highest BCUT2D eigenvalue weighted by Crippen LogP contribution is 2.14. The van der Waals surface area contributed by atoms with Gasteiger partial charge >= 0.3 is 0 Å². The first-order valence-corrected chi connectivity index (χ1v) is 2.48. The van der Waals surface area contributed by atoms with Gasteiger partial charge in [-0.05, 0) is 6.07 Å². The predicted molar refractivity (Wildman–Crippen MR) is 34.9 cm³/mol. The maximum absolute atomic E-state index is 11.7. The van der Waals surface area contributed by atoms with Gasteiger partial charge in [-0.15, -0.1) is 0 Å². The molecule has 10 heavy (non-hydrogen) atoms. The van der Waals surface area contributed by atoms with Crippen LogP contribution in [0.5, 0.6) is 0 Å². The van der Waals surface area contributed by atoms with Crippen molar-refractivity contribution in [1.82, 2.24) is 9.78 Å². The molecule has 0 radical (unpaired) electrons. The second-order valence-corrected chi connectivity index (χ2v) is 1.71. The van der Waals surface area contributed by atoms with E-state index in [1.165, 1.54) is 16.9 Å². The van der Waals surface area contributed by atoms with E-state index in [-0.39, 0.29) is 13.1 Å². The Kier molecular flexibility index (Phi) is 2.99. The zero-order valence-corrected chi connectivity index (χ0v) is 4.88. The molecule has 0 spiro atoms. The molecule has 0 unspecified atom stereocenters. The van der Waals surface area contributed by atoms with Crippen molar-refractivity contribution in [2.45, 2.75) is 13.9 Å². The normalized spacial score (nSPS) is 9.60. The topological polar surface area (TPSA) is 17.8 Å². The Morgan fingerprint density at radius 3 is 2.40 bits per heavy atom. The second kappa shape index (κ2) is 3.29. The van der Waals surface area contributed by atoms with E-state index in [4.69, 9.17) is 0 Å². The summed E-state index contributed by atoms with van der Waals surface area (Å²) in [6, 6.07) is 1.30. The molecular formula is C6H10F2N2. The van der Waals surface area contributed by atoms with Crippen LogP contribution in [0.3, 0.4) is 0 Å². The first kappa shape index (κ1) is 9.07. The van der Waals surface area contributed by atoms with Crippen LogP contribution in [0.15, 0.2) is 12.3 Å². The largest absolute Gasteiger partial charge is 0.282 e.